The molecular weight excluding hydrogens is 302 g/mol. The maximum absolute atomic E-state index is 11.9. The predicted molar refractivity (Wildman–Crippen MR) is 76.2 cm³/mol. The zero-order chi connectivity index (χ0) is 13.1. The third-order valence-electron chi connectivity index (χ3n) is 2.46. The molecule has 1 N–H and O–H groups in total. The minimum atomic E-state index is -3.05. The molecule has 0 radical (unpaired) electrons. The summed E-state index contributed by atoms with van der Waals surface area (Å²) >= 11 is 3.37. The van der Waals surface area contributed by atoms with Gasteiger partial charge in [-0.05, 0) is 39.0 Å². The summed E-state index contributed by atoms with van der Waals surface area (Å²) in [5.41, 5.74) is 0.920. The van der Waals surface area contributed by atoms with Crippen LogP contribution in [0.4, 0.5) is 5.69 Å². The van der Waals surface area contributed by atoms with Crippen LogP contribution in [0.25, 0.3) is 0 Å². The molecule has 1 aromatic rings. The molecule has 5 heteroatoms. The van der Waals surface area contributed by atoms with Crippen LogP contribution in [-0.2, 0) is 9.84 Å². The highest BCUT2D eigenvalue weighted by Crippen LogP contribution is 2.17. The fourth-order valence-corrected chi connectivity index (χ4v) is 2.62. The van der Waals surface area contributed by atoms with Crippen molar-refractivity contribution < 1.29 is 8.42 Å². The van der Waals surface area contributed by atoms with Gasteiger partial charge in [0, 0.05) is 16.7 Å². The van der Waals surface area contributed by atoms with E-state index >= 15 is 0 Å². The Bertz CT molecular complexity index is 478. The summed E-state index contributed by atoms with van der Waals surface area (Å²) in [6, 6.07) is 7.67. The van der Waals surface area contributed by atoms with Crippen LogP contribution in [0.1, 0.15) is 20.8 Å². The van der Waals surface area contributed by atoms with Gasteiger partial charge < -0.3 is 5.32 Å². The normalized spacial score (nSPS) is 12.5. The van der Waals surface area contributed by atoms with Gasteiger partial charge in [0.25, 0.3) is 0 Å². The minimum absolute atomic E-state index is 0.142. The molecule has 0 heterocycles. The minimum Gasteiger partial charge on any atom is -0.384 e. The summed E-state index contributed by atoms with van der Waals surface area (Å²) in [5.74, 6) is 0.142. The van der Waals surface area contributed by atoms with Crippen molar-refractivity contribution in [3.05, 3.63) is 28.7 Å². The molecule has 0 fully saturated rings. The molecule has 1 rings (SSSR count). The molecule has 0 aromatic heterocycles. The van der Waals surface area contributed by atoms with Gasteiger partial charge >= 0.3 is 0 Å². The largest absolute Gasteiger partial charge is 0.384 e. The van der Waals surface area contributed by atoms with E-state index in [1.807, 2.05) is 24.3 Å². The Labute approximate surface area is 112 Å². The lowest BCUT2D eigenvalue weighted by molar-refractivity contribution is 0.560. The SMILES string of the molecule is CC(C)(C)S(=O)(=O)CCNc1cccc(Br)c1. The standard InChI is InChI=1S/C12H18BrNO2S/c1-12(2,3)17(15,16)8-7-14-11-6-4-5-10(13)9-11/h4-6,9,14H,7-8H2,1-3H3. The fourth-order valence-electron chi connectivity index (χ4n) is 1.23. The van der Waals surface area contributed by atoms with Gasteiger partial charge in [0.15, 0.2) is 9.84 Å². The van der Waals surface area contributed by atoms with Crippen molar-refractivity contribution in [2.75, 3.05) is 17.6 Å². The van der Waals surface area contributed by atoms with Crippen LogP contribution in [0.3, 0.4) is 0 Å². The van der Waals surface area contributed by atoms with Crippen LogP contribution in [-0.4, -0.2) is 25.5 Å². The maximum atomic E-state index is 11.9. The Morgan fingerprint density at radius 3 is 2.47 bits per heavy atom. The molecule has 0 saturated carbocycles. The molecule has 0 aliphatic rings. The first-order valence-corrected chi connectivity index (χ1v) is 7.89. The smallest absolute Gasteiger partial charge is 0.156 e. The van der Waals surface area contributed by atoms with Crippen molar-refractivity contribution in [2.45, 2.75) is 25.5 Å². The van der Waals surface area contributed by atoms with Gasteiger partial charge in [-0.2, -0.15) is 0 Å². The third kappa shape index (κ3) is 4.32. The number of anilines is 1. The van der Waals surface area contributed by atoms with E-state index in [4.69, 9.17) is 0 Å². The molecule has 1 aromatic carbocycles. The van der Waals surface area contributed by atoms with E-state index in [-0.39, 0.29) is 5.75 Å². The molecule has 0 aliphatic heterocycles. The highest BCUT2D eigenvalue weighted by molar-refractivity contribution is 9.10. The molecule has 0 aliphatic carbocycles. The summed E-state index contributed by atoms with van der Waals surface area (Å²) in [7, 11) is -3.05. The molecule has 0 atom stereocenters. The molecule has 96 valence electrons. The number of halogens is 1. The Morgan fingerprint density at radius 1 is 1.29 bits per heavy atom. The summed E-state index contributed by atoms with van der Waals surface area (Å²) in [6.45, 7) is 5.60. The summed E-state index contributed by atoms with van der Waals surface area (Å²) in [6.07, 6.45) is 0. The first kappa shape index (κ1) is 14.5. The van der Waals surface area contributed by atoms with Gasteiger partial charge in [-0.3, -0.25) is 0 Å². The van der Waals surface area contributed by atoms with Crippen molar-refractivity contribution in [2.24, 2.45) is 0 Å². The zero-order valence-electron chi connectivity index (χ0n) is 10.3. The Balaban J connectivity index is 2.55. The predicted octanol–water partition coefficient (Wildman–Crippen LogP) is 3.07. The van der Waals surface area contributed by atoms with Gasteiger partial charge in [-0.15, -0.1) is 0 Å². The lowest BCUT2D eigenvalue weighted by Crippen LogP contribution is -2.32. The van der Waals surface area contributed by atoms with Crippen molar-refractivity contribution in [1.29, 1.82) is 0 Å². The van der Waals surface area contributed by atoms with Crippen molar-refractivity contribution >= 4 is 31.5 Å². The highest BCUT2D eigenvalue weighted by Gasteiger charge is 2.28. The van der Waals surface area contributed by atoms with Gasteiger partial charge in [0.1, 0.15) is 0 Å². The van der Waals surface area contributed by atoms with Gasteiger partial charge in [0.2, 0.25) is 0 Å². The summed E-state index contributed by atoms with van der Waals surface area (Å²) < 4.78 is 24.0. The van der Waals surface area contributed by atoms with Crippen LogP contribution in [0.15, 0.2) is 28.7 Å². The molecule has 0 bridgehead atoms. The second kappa shape index (κ2) is 5.40. The quantitative estimate of drug-likeness (QED) is 0.927. The van der Waals surface area contributed by atoms with E-state index < -0.39 is 14.6 Å². The summed E-state index contributed by atoms with van der Waals surface area (Å²) in [5, 5.41) is 3.10. The monoisotopic (exact) mass is 319 g/mol. The fraction of sp³-hybridized carbons (Fsp3) is 0.500. The second-order valence-electron chi connectivity index (χ2n) is 4.87. The topological polar surface area (TPSA) is 46.2 Å². The van der Waals surface area contributed by atoms with E-state index in [1.165, 1.54) is 0 Å². The number of sulfone groups is 1. The van der Waals surface area contributed by atoms with Gasteiger partial charge in [-0.25, -0.2) is 8.42 Å². The molecular formula is C12H18BrNO2S. The van der Waals surface area contributed by atoms with Crippen LogP contribution < -0.4 is 5.32 Å². The van der Waals surface area contributed by atoms with E-state index in [9.17, 15) is 8.42 Å². The van der Waals surface area contributed by atoms with E-state index in [2.05, 4.69) is 21.2 Å². The zero-order valence-corrected chi connectivity index (χ0v) is 12.7. The van der Waals surface area contributed by atoms with Crippen LogP contribution >= 0.6 is 15.9 Å². The van der Waals surface area contributed by atoms with E-state index in [1.54, 1.807) is 20.8 Å². The average Bonchev–Trinajstić information content (AvgIpc) is 2.15. The molecule has 3 nitrogen and oxygen atoms in total. The van der Waals surface area contributed by atoms with Gasteiger partial charge in [0.05, 0.1) is 10.5 Å². The number of benzene rings is 1. The lowest BCUT2D eigenvalue weighted by Gasteiger charge is -2.19. The maximum Gasteiger partial charge on any atom is 0.156 e. The van der Waals surface area contributed by atoms with Crippen molar-refractivity contribution in [3.8, 4) is 0 Å². The Kier molecular flexibility index (Phi) is 4.61. The average molecular weight is 320 g/mol. The van der Waals surface area contributed by atoms with Crippen LogP contribution in [0.5, 0.6) is 0 Å². The first-order chi connectivity index (χ1) is 7.72. The second-order valence-corrected chi connectivity index (χ2v) is 8.65. The summed E-state index contributed by atoms with van der Waals surface area (Å²) in [4.78, 5) is 0. The Hall–Kier alpha value is -0.550. The molecule has 0 spiro atoms. The molecule has 0 unspecified atom stereocenters. The Morgan fingerprint density at radius 2 is 1.94 bits per heavy atom. The number of rotatable bonds is 4. The van der Waals surface area contributed by atoms with Crippen molar-refractivity contribution in [3.63, 3.8) is 0 Å². The first-order valence-electron chi connectivity index (χ1n) is 5.44. The van der Waals surface area contributed by atoms with Gasteiger partial charge in [-0.1, -0.05) is 22.0 Å². The number of hydrogen-bond donors (Lipinski definition) is 1. The molecule has 17 heavy (non-hydrogen) atoms. The van der Waals surface area contributed by atoms with Crippen LogP contribution in [0.2, 0.25) is 0 Å². The van der Waals surface area contributed by atoms with E-state index in [0.29, 0.717) is 6.54 Å². The molecule has 0 saturated heterocycles. The molecule has 0 amide bonds. The highest BCUT2D eigenvalue weighted by atomic mass is 79.9. The lowest BCUT2D eigenvalue weighted by atomic mass is 10.3. The van der Waals surface area contributed by atoms with E-state index in [0.717, 1.165) is 10.2 Å². The third-order valence-corrected chi connectivity index (χ3v) is 5.56. The van der Waals surface area contributed by atoms with Crippen LogP contribution in [0, 0.1) is 0 Å². The number of hydrogen-bond acceptors (Lipinski definition) is 3. The number of nitrogens with one attached hydrogen (secondary N) is 1. The van der Waals surface area contributed by atoms with Crippen molar-refractivity contribution in [1.82, 2.24) is 0 Å².